The largest absolute Gasteiger partial charge is 0.495 e. The third kappa shape index (κ3) is 3.42. The van der Waals surface area contributed by atoms with Gasteiger partial charge in [-0.3, -0.25) is 9.78 Å². The summed E-state index contributed by atoms with van der Waals surface area (Å²) in [6.07, 6.45) is 2.19. The van der Waals surface area contributed by atoms with Crippen LogP contribution in [0.5, 0.6) is 5.75 Å². The molecule has 5 nitrogen and oxygen atoms in total. The van der Waals surface area contributed by atoms with E-state index >= 15 is 0 Å². The van der Waals surface area contributed by atoms with E-state index in [0.29, 0.717) is 18.8 Å². The smallest absolute Gasteiger partial charge is 0.303 e. The topological polar surface area (TPSA) is 68.7 Å². The lowest BCUT2D eigenvalue weighted by Gasteiger charge is -2.14. The van der Waals surface area contributed by atoms with Gasteiger partial charge >= 0.3 is 5.97 Å². The van der Waals surface area contributed by atoms with Gasteiger partial charge in [-0.15, -0.1) is 0 Å². The van der Waals surface area contributed by atoms with Gasteiger partial charge in [0.1, 0.15) is 5.75 Å². The van der Waals surface area contributed by atoms with Crippen LogP contribution in [0.1, 0.15) is 23.2 Å². The molecule has 0 saturated carbocycles. The Kier molecular flexibility index (Phi) is 4.90. The van der Waals surface area contributed by atoms with Crippen molar-refractivity contribution in [1.82, 2.24) is 4.98 Å². The second kappa shape index (κ2) is 6.20. The molecule has 0 aliphatic heterocycles. The van der Waals surface area contributed by atoms with E-state index < -0.39 is 5.97 Å². The number of aryl methyl sites for hydroxylation is 1. The number of hydrogen-bond donors (Lipinski definition) is 1. The van der Waals surface area contributed by atoms with Crippen LogP contribution in [0, 0.1) is 6.92 Å². The second-order valence-electron chi connectivity index (χ2n) is 3.71. The fraction of sp³-hybridized carbons (Fsp3) is 0.500. The lowest BCUT2D eigenvalue weighted by Crippen LogP contribution is -2.06. The molecule has 1 aromatic rings. The molecule has 94 valence electrons. The maximum atomic E-state index is 10.6. The molecule has 1 aromatic heterocycles. The van der Waals surface area contributed by atoms with Crippen LogP contribution in [0.4, 0.5) is 0 Å². The van der Waals surface area contributed by atoms with E-state index in [1.807, 2.05) is 6.92 Å². The lowest BCUT2D eigenvalue weighted by molar-refractivity contribution is -0.136. The Balaban J connectivity index is 3.09. The van der Waals surface area contributed by atoms with Crippen molar-refractivity contribution in [2.24, 2.45) is 0 Å². The van der Waals surface area contributed by atoms with Gasteiger partial charge in [0, 0.05) is 30.9 Å². The van der Waals surface area contributed by atoms with Gasteiger partial charge < -0.3 is 14.6 Å². The SMILES string of the molecule is COCc1cnc(C)c(OC)c1CCC(=O)O. The van der Waals surface area contributed by atoms with Crippen molar-refractivity contribution in [3.63, 3.8) is 0 Å². The summed E-state index contributed by atoms with van der Waals surface area (Å²) in [4.78, 5) is 14.8. The molecule has 0 saturated heterocycles. The first-order valence-electron chi connectivity index (χ1n) is 5.32. The molecule has 1 heterocycles. The van der Waals surface area contributed by atoms with Crippen LogP contribution in [0.3, 0.4) is 0 Å². The lowest BCUT2D eigenvalue weighted by atomic mass is 10.0. The molecule has 1 rings (SSSR count). The second-order valence-corrected chi connectivity index (χ2v) is 3.71. The van der Waals surface area contributed by atoms with Crippen molar-refractivity contribution in [3.05, 3.63) is 23.0 Å². The molecule has 1 N–H and O–H groups in total. The third-order valence-electron chi connectivity index (χ3n) is 2.50. The number of aliphatic carboxylic acids is 1. The average Bonchev–Trinajstić information content (AvgIpc) is 2.29. The average molecular weight is 239 g/mol. The number of ether oxygens (including phenoxy) is 2. The minimum atomic E-state index is -0.829. The number of carboxylic acid groups (broad SMARTS) is 1. The Morgan fingerprint density at radius 2 is 2.18 bits per heavy atom. The van der Waals surface area contributed by atoms with E-state index in [0.717, 1.165) is 16.8 Å². The van der Waals surface area contributed by atoms with Crippen LogP contribution < -0.4 is 4.74 Å². The predicted octanol–water partition coefficient (Wildman–Crippen LogP) is 1.56. The van der Waals surface area contributed by atoms with Gasteiger partial charge in [-0.25, -0.2) is 0 Å². The van der Waals surface area contributed by atoms with E-state index in [1.54, 1.807) is 20.4 Å². The summed E-state index contributed by atoms with van der Waals surface area (Å²) in [6.45, 7) is 2.23. The number of pyridine rings is 1. The fourth-order valence-electron chi connectivity index (χ4n) is 1.73. The third-order valence-corrected chi connectivity index (χ3v) is 2.50. The van der Waals surface area contributed by atoms with Crippen LogP contribution in [-0.2, 0) is 22.6 Å². The molecule has 0 radical (unpaired) electrons. The van der Waals surface area contributed by atoms with E-state index in [1.165, 1.54) is 0 Å². The van der Waals surface area contributed by atoms with E-state index in [9.17, 15) is 4.79 Å². The highest BCUT2D eigenvalue weighted by molar-refractivity contribution is 5.67. The summed E-state index contributed by atoms with van der Waals surface area (Å²) in [6, 6.07) is 0. The first kappa shape index (κ1) is 13.4. The Bertz CT molecular complexity index is 404. The maximum absolute atomic E-state index is 10.6. The Morgan fingerprint density at radius 3 is 2.71 bits per heavy atom. The molecule has 5 heteroatoms. The zero-order valence-electron chi connectivity index (χ0n) is 10.3. The molecule has 0 aromatic carbocycles. The fourth-order valence-corrected chi connectivity index (χ4v) is 1.73. The highest BCUT2D eigenvalue weighted by Crippen LogP contribution is 2.26. The first-order chi connectivity index (χ1) is 8.10. The van der Waals surface area contributed by atoms with Gasteiger partial charge in [0.25, 0.3) is 0 Å². The molecule has 0 fully saturated rings. The summed E-state index contributed by atoms with van der Waals surface area (Å²) in [7, 11) is 3.15. The number of aromatic nitrogens is 1. The molecule has 17 heavy (non-hydrogen) atoms. The zero-order chi connectivity index (χ0) is 12.8. The maximum Gasteiger partial charge on any atom is 0.303 e. The first-order valence-corrected chi connectivity index (χ1v) is 5.32. The summed E-state index contributed by atoms with van der Waals surface area (Å²) in [5.74, 6) is -0.175. The molecule has 0 aliphatic carbocycles. The molecule has 0 aliphatic rings. The number of rotatable bonds is 6. The standard InChI is InChI=1S/C12H17NO4/c1-8-12(17-3)10(4-5-11(14)15)9(6-13-8)7-16-2/h6H,4-5,7H2,1-3H3,(H,14,15). The van der Waals surface area contributed by atoms with Crippen molar-refractivity contribution >= 4 is 5.97 Å². The molecule has 0 amide bonds. The van der Waals surface area contributed by atoms with Crippen molar-refractivity contribution in [1.29, 1.82) is 0 Å². The Labute approximate surface area is 100 Å². The van der Waals surface area contributed by atoms with Crippen molar-refractivity contribution in [2.45, 2.75) is 26.4 Å². The summed E-state index contributed by atoms with van der Waals surface area (Å²) in [5.41, 5.74) is 2.49. The van der Waals surface area contributed by atoms with Crippen molar-refractivity contribution in [3.8, 4) is 5.75 Å². The molecule has 0 unspecified atom stereocenters. The van der Waals surface area contributed by atoms with E-state index in [2.05, 4.69) is 4.98 Å². The van der Waals surface area contributed by atoms with Crippen LogP contribution in [0.25, 0.3) is 0 Å². The molecule has 0 bridgehead atoms. The van der Waals surface area contributed by atoms with Gasteiger partial charge in [0.2, 0.25) is 0 Å². The summed E-state index contributed by atoms with van der Waals surface area (Å²) >= 11 is 0. The van der Waals surface area contributed by atoms with E-state index in [-0.39, 0.29) is 6.42 Å². The number of hydrogen-bond acceptors (Lipinski definition) is 4. The predicted molar refractivity (Wildman–Crippen MR) is 62.2 cm³/mol. The van der Waals surface area contributed by atoms with Crippen LogP contribution in [0.2, 0.25) is 0 Å². The van der Waals surface area contributed by atoms with Gasteiger partial charge in [0.15, 0.2) is 0 Å². The number of methoxy groups -OCH3 is 2. The van der Waals surface area contributed by atoms with Crippen molar-refractivity contribution in [2.75, 3.05) is 14.2 Å². The normalized spacial score (nSPS) is 10.3. The molecule has 0 atom stereocenters. The number of carbonyl (C=O) groups is 1. The van der Waals surface area contributed by atoms with Crippen LogP contribution in [-0.4, -0.2) is 30.3 Å². The van der Waals surface area contributed by atoms with Gasteiger partial charge in [-0.05, 0) is 13.3 Å². The number of nitrogens with zero attached hydrogens (tertiary/aromatic N) is 1. The van der Waals surface area contributed by atoms with Crippen molar-refractivity contribution < 1.29 is 19.4 Å². The number of carboxylic acids is 1. The highest BCUT2D eigenvalue weighted by atomic mass is 16.5. The molecular weight excluding hydrogens is 222 g/mol. The minimum Gasteiger partial charge on any atom is -0.495 e. The van der Waals surface area contributed by atoms with Crippen LogP contribution in [0.15, 0.2) is 6.20 Å². The summed E-state index contributed by atoms with van der Waals surface area (Å²) < 4.78 is 10.4. The minimum absolute atomic E-state index is 0.0660. The Morgan fingerprint density at radius 1 is 1.47 bits per heavy atom. The van der Waals surface area contributed by atoms with E-state index in [4.69, 9.17) is 14.6 Å². The monoisotopic (exact) mass is 239 g/mol. The Hall–Kier alpha value is -1.62. The van der Waals surface area contributed by atoms with Crippen LogP contribution >= 0.6 is 0 Å². The summed E-state index contributed by atoms with van der Waals surface area (Å²) in [5, 5.41) is 8.74. The van der Waals surface area contributed by atoms with Gasteiger partial charge in [-0.1, -0.05) is 0 Å². The quantitative estimate of drug-likeness (QED) is 0.815. The van der Waals surface area contributed by atoms with Gasteiger partial charge in [0.05, 0.1) is 19.4 Å². The van der Waals surface area contributed by atoms with Gasteiger partial charge in [-0.2, -0.15) is 0 Å². The molecule has 0 spiro atoms. The zero-order valence-corrected chi connectivity index (χ0v) is 10.3. The highest BCUT2D eigenvalue weighted by Gasteiger charge is 2.14. The molecular formula is C12H17NO4.